The highest BCUT2D eigenvalue weighted by molar-refractivity contribution is 6.13. The number of ether oxygens (including phenoxy) is 2. The minimum absolute atomic E-state index is 0.0311. The molecule has 0 amide bonds. The van der Waals surface area contributed by atoms with Crippen molar-refractivity contribution < 1.29 is 53.0 Å². The van der Waals surface area contributed by atoms with Crippen LogP contribution in [0.2, 0.25) is 0 Å². The van der Waals surface area contributed by atoms with Gasteiger partial charge >= 0.3 is 23.9 Å². The van der Waals surface area contributed by atoms with Gasteiger partial charge in [0.2, 0.25) is 0 Å². The summed E-state index contributed by atoms with van der Waals surface area (Å²) in [6.07, 6.45) is 0. The molecule has 0 aliphatic heterocycles. The smallest absolute Gasteiger partial charge is 0.374 e. The largest absolute Gasteiger partial charge is 0.465 e. The lowest BCUT2D eigenvalue weighted by molar-refractivity contribution is -0.301. The molecule has 0 aliphatic rings. The third-order valence-corrected chi connectivity index (χ3v) is 4.55. The van der Waals surface area contributed by atoms with Gasteiger partial charge in [-0.05, 0) is 65.8 Å². The van der Waals surface area contributed by atoms with Crippen LogP contribution in [0.25, 0.3) is 0 Å². The van der Waals surface area contributed by atoms with Crippen molar-refractivity contribution in [3.63, 3.8) is 0 Å². The van der Waals surface area contributed by atoms with E-state index in [9.17, 15) is 24.0 Å². The molecule has 204 valence electrons. The standard InChI is InChI=1S/C27H30O11/c1-26(2,3)37-35-24(31)19-13-15(9-11-17(19)22(29)33-7)21(28)16-10-12-18(23(30)34-8)20(14-16)25(32)36-38-27(4,5)6/h9-14H,1-8H3. The van der Waals surface area contributed by atoms with Gasteiger partial charge in [0.05, 0.1) is 36.5 Å². The second-order valence-electron chi connectivity index (χ2n) is 9.97. The van der Waals surface area contributed by atoms with E-state index < -0.39 is 40.9 Å². The summed E-state index contributed by atoms with van der Waals surface area (Å²) in [5.41, 5.74) is -2.61. The lowest BCUT2D eigenvalue weighted by atomic mass is 9.95. The number of carbonyl (C=O) groups is 5. The van der Waals surface area contributed by atoms with Gasteiger partial charge in [-0.2, -0.15) is 9.78 Å². The fourth-order valence-electron chi connectivity index (χ4n) is 2.87. The highest BCUT2D eigenvalue weighted by Gasteiger charge is 2.27. The van der Waals surface area contributed by atoms with Crippen LogP contribution in [0.5, 0.6) is 0 Å². The van der Waals surface area contributed by atoms with Gasteiger partial charge in [-0.1, -0.05) is 12.1 Å². The van der Waals surface area contributed by atoms with E-state index in [1.165, 1.54) is 24.3 Å². The molecule has 38 heavy (non-hydrogen) atoms. The van der Waals surface area contributed by atoms with Crippen LogP contribution in [0, 0.1) is 0 Å². The van der Waals surface area contributed by atoms with E-state index in [2.05, 4.69) is 0 Å². The van der Waals surface area contributed by atoms with Crippen molar-refractivity contribution in [1.29, 1.82) is 0 Å². The number of hydrogen-bond donors (Lipinski definition) is 0. The molecule has 2 aromatic rings. The Morgan fingerprint density at radius 2 is 0.868 bits per heavy atom. The Labute approximate surface area is 219 Å². The second-order valence-corrected chi connectivity index (χ2v) is 9.97. The summed E-state index contributed by atoms with van der Waals surface area (Å²) in [4.78, 5) is 82.9. The molecule has 0 radical (unpaired) electrons. The Hall–Kier alpha value is -4.09. The third kappa shape index (κ3) is 7.95. The molecule has 11 nitrogen and oxygen atoms in total. The molecule has 0 spiro atoms. The number of rotatable bonds is 8. The maximum absolute atomic E-state index is 13.3. The van der Waals surface area contributed by atoms with Gasteiger partial charge in [-0.15, -0.1) is 0 Å². The Morgan fingerprint density at radius 3 is 1.16 bits per heavy atom. The van der Waals surface area contributed by atoms with Gasteiger partial charge in [0.25, 0.3) is 0 Å². The maximum atomic E-state index is 13.3. The fraction of sp³-hybridized carbons (Fsp3) is 0.370. The number of benzene rings is 2. The van der Waals surface area contributed by atoms with E-state index in [1.807, 2.05) is 0 Å². The van der Waals surface area contributed by atoms with Crippen LogP contribution in [-0.4, -0.2) is 55.1 Å². The fourth-order valence-corrected chi connectivity index (χ4v) is 2.87. The Morgan fingerprint density at radius 1 is 0.526 bits per heavy atom. The summed E-state index contributed by atoms with van der Waals surface area (Å²) >= 11 is 0. The summed E-state index contributed by atoms with van der Waals surface area (Å²) in [6, 6.07) is 7.31. The van der Waals surface area contributed by atoms with Gasteiger partial charge in [0.15, 0.2) is 5.78 Å². The van der Waals surface area contributed by atoms with Crippen molar-refractivity contribution in [2.24, 2.45) is 0 Å². The quantitative estimate of drug-likeness (QED) is 0.209. The molecule has 0 unspecified atom stereocenters. The van der Waals surface area contributed by atoms with E-state index >= 15 is 0 Å². The molecule has 0 saturated heterocycles. The number of esters is 2. The van der Waals surface area contributed by atoms with Crippen molar-refractivity contribution in [3.8, 4) is 0 Å². The monoisotopic (exact) mass is 530 g/mol. The third-order valence-electron chi connectivity index (χ3n) is 4.55. The van der Waals surface area contributed by atoms with Gasteiger partial charge in [0, 0.05) is 11.1 Å². The average Bonchev–Trinajstić information content (AvgIpc) is 2.87. The van der Waals surface area contributed by atoms with Crippen molar-refractivity contribution in [2.75, 3.05) is 14.2 Å². The number of carbonyl (C=O) groups excluding carboxylic acids is 5. The molecule has 0 saturated carbocycles. The zero-order chi connectivity index (χ0) is 28.8. The highest BCUT2D eigenvalue weighted by atomic mass is 17.2. The molecule has 0 fully saturated rings. The van der Waals surface area contributed by atoms with Crippen LogP contribution in [0.4, 0.5) is 0 Å². The van der Waals surface area contributed by atoms with E-state index in [4.69, 9.17) is 29.0 Å². The number of hydrogen-bond acceptors (Lipinski definition) is 11. The highest BCUT2D eigenvalue weighted by Crippen LogP contribution is 2.22. The van der Waals surface area contributed by atoms with Gasteiger partial charge < -0.3 is 9.47 Å². The predicted octanol–water partition coefficient (Wildman–Crippen LogP) is 4.26. The lowest BCUT2D eigenvalue weighted by Gasteiger charge is -2.17. The van der Waals surface area contributed by atoms with Crippen molar-refractivity contribution in [2.45, 2.75) is 52.7 Å². The zero-order valence-corrected chi connectivity index (χ0v) is 22.5. The molecule has 0 heterocycles. The van der Waals surface area contributed by atoms with Crippen LogP contribution in [0.1, 0.15) is 98.9 Å². The van der Waals surface area contributed by atoms with Crippen LogP contribution in [0.15, 0.2) is 36.4 Å². The molecule has 0 N–H and O–H groups in total. The SMILES string of the molecule is COC(=O)c1ccc(C(=O)c2ccc(C(=O)OC)c(C(=O)OOC(C)(C)C)c2)cc1C(=O)OOC(C)(C)C. The second kappa shape index (κ2) is 12.0. The molecular weight excluding hydrogens is 500 g/mol. The minimum atomic E-state index is -1.03. The van der Waals surface area contributed by atoms with E-state index in [1.54, 1.807) is 41.5 Å². The average molecular weight is 531 g/mol. The molecule has 0 bridgehead atoms. The number of methoxy groups -OCH3 is 2. The van der Waals surface area contributed by atoms with Crippen LogP contribution in [-0.2, 0) is 29.0 Å². The summed E-state index contributed by atoms with van der Waals surface area (Å²) in [5.74, 6) is -4.37. The Balaban J connectivity index is 2.53. The van der Waals surface area contributed by atoms with Crippen LogP contribution >= 0.6 is 0 Å². The molecular formula is C27H30O11. The predicted molar refractivity (Wildman–Crippen MR) is 132 cm³/mol. The maximum Gasteiger partial charge on any atom is 0.374 e. The molecule has 0 aromatic heterocycles. The van der Waals surface area contributed by atoms with Crippen molar-refractivity contribution in [1.82, 2.24) is 0 Å². The summed E-state index contributed by atoms with van der Waals surface area (Å²) < 4.78 is 9.43. The molecule has 2 rings (SSSR count). The summed E-state index contributed by atoms with van der Waals surface area (Å²) in [5, 5.41) is 0. The van der Waals surface area contributed by atoms with Crippen molar-refractivity contribution in [3.05, 3.63) is 69.8 Å². The first kappa shape index (κ1) is 30.1. The summed E-state index contributed by atoms with van der Waals surface area (Å²) in [7, 11) is 2.27. The topological polar surface area (TPSA) is 141 Å². The van der Waals surface area contributed by atoms with Gasteiger partial charge in [0.1, 0.15) is 11.2 Å². The van der Waals surface area contributed by atoms with Crippen molar-refractivity contribution >= 4 is 29.7 Å². The lowest BCUT2D eigenvalue weighted by Crippen LogP contribution is -2.23. The first-order valence-corrected chi connectivity index (χ1v) is 11.4. The van der Waals surface area contributed by atoms with E-state index in [-0.39, 0.29) is 33.4 Å². The first-order chi connectivity index (χ1) is 17.6. The molecule has 0 atom stereocenters. The Bertz CT molecular complexity index is 1150. The number of ketones is 1. The van der Waals surface area contributed by atoms with Crippen LogP contribution < -0.4 is 0 Å². The minimum Gasteiger partial charge on any atom is -0.465 e. The molecule has 0 aliphatic carbocycles. The van der Waals surface area contributed by atoms with Crippen LogP contribution in [0.3, 0.4) is 0 Å². The van der Waals surface area contributed by atoms with Gasteiger partial charge in [-0.3, -0.25) is 14.6 Å². The normalized spacial score (nSPS) is 11.4. The molecule has 2 aromatic carbocycles. The summed E-state index contributed by atoms with van der Waals surface area (Å²) in [6.45, 7) is 9.88. The van der Waals surface area contributed by atoms with E-state index in [0.717, 1.165) is 26.4 Å². The van der Waals surface area contributed by atoms with E-state index in [0.29, 0.717) is 0 Å². The van der Waals surface area contributed by atoms with Gasteiger partial charge in [-0.25, -0.2) is 19.2 Å². The zero-order valence-electron chi connectivity index (χ0n) is 22.5. The molecule has 11 heteroatoms. The Kier molecular flexibility index (Phi) is 9.49. The first-order valence-electron chi connectivity index (χ1n) is 11.4.